The number of para-hydroxylation sites is 1. The Labute approximate surface area is 259 Å². The number of amides is 1. The topological polar surface area (TPSA) is 82.2 Å². The van der Waals surface area contributed by atoms with Crippen molar-refractivity contribution in [1.29, 1.82) is 0 Å². The van der Waals surface area contributed by atoms with Crippen LogP contribution in [0, 0.1) is 0 Å². The number of anilines is 2. The van der Waals surface area contributed by atoms with Crippen LogP contribution in [-0.4, -0.2) is 83.9 Å². The summed E-state index contributed by atoms with van der Waals surface area (Å²) in [5.41, 5.74) is 3.99. The van der Waals surface area contributed by atoms with E-state index in [0.717, 1.165) is 61.1 Å². The number of likely N-dealkylation sites (N-methyl/N-ethyl adjacent to an activating group) is 1. The number of hydrogen-bond donors (Lipinski definition) is 1. The van der Waals surface area contributed by atoms with E-state index in [1.165, 1.54) is 0 Å². The van der Waals surface area contributed by atoms with Gasteiger partial charge in [-0.25, -0.2) is 8.42 Å². The van der Waals surface area contributed by atoms with Crippen LogP contribution in [0.1, 0.15) is 24.4 Å². The molecule has 1 heterocycles. The molecule has 1 atom stereocenters. The summed E-state index contributed by atoms with van der Waals surface area (Å²) in [5, 5.41) is 0.886. The molecule has 0 spiro atoms. The number of methoxy groups -OCH3 is 1. The largest absolute Gasteiger partial charge is 0.383 e. The lowest BCUT2D eigenvalue weighted by Crippen LogP contribution is -2.44. The molecule has 0 radical (unpaired) electrons. The minimum Gasteiger partial charge on any atom is -0.383 e. The molecular weight excluding hydrogens is 595 g/mol. The van der Waals surface area contributed by atoms with Crippen molar-refractivity contribution in [2.45, 2.75) is 18.9 Å². The normalized spacial score (nSPS) is 14.5. The number of nitrogens with zero attached hydrogens (tertiary/aromatic N) is 3. The van der Waals surface area contributed by atoms with Crippen LogP contribution in [0.4, 0.5) is 11.4 Å². The predicted molar refractivity (Wildman–Crippen MR) is 172 cm³/mol. The molecule has 1 unspecified atom stereocenters. The highest BCUT2D eigenvalue weighted by Gasteiger charge is 2.27. The summed E-state index contributed by atoms with van der Waals surface area (Å²) in [6, 6.07) is 20.5. The summed E-state index contributed by atoms with van der Waals surface area (Å²) in [6.07, 6.45) is 3.44. The minimum absolute atomic E-state index is 0.0341. The lowest BCUT2D eigenvalue weighted by atomic mass is 9.98. The number of halogens is 2. The highest BCUT2D eigenvalue weighted by Crippen LogP contribution is 2.32. The maximum absolute atomic E-state index is 13.8. The van der Waals surface area contributed by atoms with Crippen LogP contribution in [-0.2, 0) is 19.6 Å². The zero-order valence-electron chi connectivity index (χ0n) is 24.2. The lowest BCUT2D eigenvalue weighted by molar-refractivity contribution is -0.131. The molecule has 3 aromatic carbocycles. The molecule has 8 nitrogen and oxygen atoms in total. The number of benzene rings is 3. The second-order valence-electron chi connectivity index (χ2n) is 10.6. The van der Waals surface area contributed by atoms with Crippen molar-refractivity contribution in [3.63, 3.8) is 0 Å². The number of rotatable bonds is 13. The average molecular weight is 634 g/mol. The van der Waals surface area contributed by atoms with E-state index in [1.807, 2.05) is 59.3 Å². The van der Waals surface area contributed by atoms with Gasteiger partial charge in [0.15, 0.2) is 0 Å². The van der Waals surface area contributed by atoms with Crippen LogP contribution in [0.3, 0.4) is 0 Å². The fraction of sp³-hybridized carbons (Fsp3) is 0.387. The van der Waals surface area contributed by atoms with Gasteiger partial charge in [-0.2, -0.15) is 0 Å². The standard InChI is InChI=1S/C31H38Cl2N4O4S/c1-35(31(38)22-37(18-19-41-2)25-14-15-27(32)28(33)20-25)30(21-36-16-6-7-17-36)24-12-10-23(11-13-24)26-8-4-5-9-29(26)34-42(3,39)40/h4-5,8-15,20,30,34H,6-7,16-19,21-22H2,1-3H3. The van der Waals surface area contributed by atoms with Gasteiger partial charge in [0.2, 0.25) is 15.9 Å². The number of hydrogen-bond acceptors (Lipinski definition) is 6. The van der Waals surface area contributed by atoms with Gasteiger partial charge < -0.3 is 19.4 Å². The Morgan fingerprint density at radius 2 is 1.71 bits per heavy atom. The van der Waals surface area contributed by atoms with Crippen molar-refractivity contribution in [1.82, 2.24) is 9.80 Å². The van der Waals surface area contributed by atoms with Crippen molar-refractivity contribution in [2.24, 2.45) is 0 Å². The molecular formula is C31H38Cl2N4O4S. The van der Waals surface area contributed by atoms with Crippen molar-refractivity contribution in [2.75, 3.05) is 69.4 Å². The third-order valence-electron chi connectivity index (χ3n) is 7.48. The zero-order valence-corrected chi connectivity index (χ0v) is 26.6. The van der Waals surface area contributed by atoms with Gasteiger partial charge in [0.25, 0.3) is 0 Å². The van der Waals surface area contributed by atoms with Gasteiger partial charge in [0, 0.05) is 38.5 Å². The lowest BCUT2D eigenvalue weighted by Gasteiger charge is -2.34. The van der Waals surface area contributed by atoms with Crippen LogP contribution in [0.2, 0.25) is 10.0 Å². The molecule has 1 aliphatic rings. The third-order valence-corrected chi connectivity index (χ3v) is 8.81. The first-order valence-electron chi connectivity index (χ1n) is 13.9. The van der Waals surface area contributed by atoms with Crippen LogP contribution in [0.5, 0.6) is 0 Å². The molecule has 3 aromatic rings. The van der Waals surface area contributed by atoms with Gasteiger partial charge >= 0.3 is 0 Å². The first-order valence-corrected chi connectivity index (χ1v) is 16.5. The molecule has 1 N–H and O–H groups in total. The fourth-order valence-corrected chi connectivity index (χ4v) is 6.07. The summed E-state index contributed by atoms with van der Waals surface area (Å²) in [7, 11) is 0.0545. The summed E-state index contributed by atoms with van der Waals surface area (Å²) >= 11 is 12.4. The Morgan fingerprint density at radius 1 is 1.02 bits per heavy atom. The summed E-state index contributed by atoms with van der Waals surface area (Å²) in [5.74, 6) is -0.0341. The van der Waals surface area contributed by atoms with Gasteiger partial charge in [-0.1, -0.05) is 65.7 Å². The number of carbonyl (C=O) groups is 1. The number of carbonyl (C=O) groups excluding carboxylic acids is 1. The SMILES string of the molecule is COCCN(CC(=O)N(C)C(CN1CCCC1)c1ccc(-c2ccccc2NS(C)(=O)=O)cc1)c1ccc(Cl)c(Cl)c1. The van der Waals surface area contributed by atoms with Crippen LogP contribution < -0.4 is 9.62 Å². The second kappa shape index (κ2) is 14.6. The number of ether oxygens (including phenoxy) is 1. The quantitative estimate of drug-likeness (QED) is 0.257. The Morgan fingerprint density at radius 3 is 2.36 bits per heavy atom. The van der Waals surface area contributed by atoms with Gasteiger partial charge in [-0.3, -0.25) is 9.52 Å². The first kappa shape index (κ1) is 32.1. The predicted octanol–water partition coefficient (Wildman–Crippen LogP) is 5.78. The Kier molecular flexibility index (Phi) is 11.1. The van der Waals surface area contributed by atoms with Crippen molar-refractivity contribution in [3.8, 4) is 11.1 Å². The summed E-state index contributed by atoms with van der Waals surface area (Å²) < 4.78 is 31.7. The molecule has 11 heteroatoms. The van der Waals surface area contributed by atoms with E-state index in [1.54, 1.807) is 31.4 Å². The molecule has 0 aromatic heterocycles. The number of nitrogens with one attached hydrogen (secondary N) is 1. The van der Waals surface area contributed by atoms with E-state index < -0.39 is 10.0 Å². The van der Waals surface area contributed by atoms with Gasteiger partial charge in [-0.05, 0) is 61.3 Å². The minimum atomic E-state index is -3.43. The highest BCUT2D eigenvalue weighted by atomic mass is 35.5. The van der Waals surface area contributed by atoms with E-state index in [0.29, 0.717) is 28.9 Å². The first-order chi connectivity index (χ1) is 20.1. The molecule has 1 fully saturated rings. The smallest absolute Gasteiger partial charge is 0.242 e. The fourth-order valence-electron chi connectivity index (χ4n) is 5.20. The molecule has 1 aliphatic heterocycles. The van der Waals surface area contributed by atoms with Gasteiger partial charge in [-0.15, -0.1) is 0 Å². The van der Waals surface area contributed by atoms with Crippen LogP contribution in [0.15, 0.2) is 66.7 Å². The second-order valence-corrected chi connectivity index (χ2v) is 13.1. The van der Waals surface area contributed by atoms with E-state index in [4.69, 9.17) is 27.9 Å². The average Bonchev–Trinajstić information content (AvgIpc) is 3.48. The van der Waals surface area contributed by atoms with Crippen molar-refractivity contribution >= 4 is 50.5 Å². The van der Waals surface area contributed by atoms with Gasteiger partial charge in [0.1, 0.15) is 0 Å². The molecule has 0 aliphatic carbocycles. The molecule has 0 bridgehead atoms. The molecule has 1 amide bonds. The molecule has 0 saturated carbocycles. The van der Waals surface area contributed by atoms with E-state index in [2.05, 4.69) is 9.62 Å². The van der Waals surface area contributed by atoms with Crippen molar-refractivity contribution < 1.29 is 17.9 Å². The van der Waals surface area contributed by atoms with Crippen LogP contribution >= 0.6 is 23.2 Å². The zero-order chi connectivity index (χ0) is 30.3. The number of sulfonamides is 1. The number of likely N-dealkylation sites (tertiary alicyclic amines) is 1. The van der Waals surface area contributed by atoms with E-state index in [9.17, 15) is 13.2 Å². The Balaban J connectivity index is 1.59. The van der Waals surface area contributed by atoms with Crippen molar-refractivity contribution in [3.05, 3.63) is 82.3 Å². The maximum atomic E-state index is 13.8. The molecule has 42 heavy (non-hydrogen) atoms. The third kappa shape index (κ3) is 8.61. The molecule has 4 rings (SSSR count). The Hall–Kier alpha value is -2.82. The maximum Gasteiger partial charge on any atom is 0.242 e. The monoisotopic (exact) mass is 632 g/mol. The van der Waals surface area contributed by atoms with E-state index in [-0.39, 0.29) is 18.5 Å². The highest BCUT2D eigenvalue weighted by molar-refractivity contribution is 7.92. The van der Waals surface area contributed by atoms with Gasteiger partial charge in [0.05, 0.1) is 41.2 Å². The molecule has 226 valence electrons. The summed E-state index contributed by atoms with van der Waals surface area (Å²) in [4.78, 5) is 20.0. The van der Waals surface area contributed by atoms with E-state index >= 15 is 0 Å². The Bertz CT molecular complexity index is 1460. The molecule has 1 saturated heterocycles. The van der Waals surface area contributed by atoms with Crippen LogP contribution in [0.25, 0.3) is 11.1 Å². The summed E-state index contributed by atoms with van der Waals surface area (Å²) in [6.45, 7) is 3.84.